The standard InChI is InChI=1S/C21H26N2O2S2/c1-3-25-20(24)16-13-18(15-10-5-4-6-11-15)27-19(16)23-21(26)22-17-12-8-7-9-14(17)2/h4-6,10-11,13-14,17H,3,7-9,12H2,1-2H3,(H2,22,23,26). The number of esters is 1. The molecule has 0 bridgehead atoms. The van der Waals surface area contributed by atoms with Gasteiger partial charge in [-0.05, 0) is 49.5 Å². The third kappa shape index (κ3) is 5.08. The van der Waals surface area contributed by atoms with Gasteiger partial charge in [0.05, 0.1) is 12.2 Å². The van der Waals surface area contributed by atoms with E-state index in [1.165, 1.54) is 30.6 Å². The first-order chi connectivity index (χ1) is 13.1. The Labute approximate surface area is 170 Å². The van der Waals surface area contributed by atoms with E-state index in [1.807, 2.05) is 43.3 Å². The lowest BCUT2D eigenvalue weighted by Crippen LogP contribution is -2.43. The van der Waals surface area contributed by atoms with Crippen LogP contribution < -0.4 is 10.6 Å². The normalized spacial score (nSPS) is 19.3. The van der Waals surface area contributed by atoms with Gasteiger partial charge in [-0.25, -0.2) is 4.79 Å². The van der Waals surface area contributed by atoms with Gasteiger partial charge in [0.25, 0.3) is 0 Å². The Balaban J connectivity index is 1.79. The van der Waals surface area contributed by atoms with Crippen LogP contribution in [-0.4, -0.2) is 23.7 Å². The van der Waals surface area contributed by atoms with E-state index in [2.05, 4.69) is 17.6 Å². The number of hydrogen-bond donors (Lipinski definition) is 2. The maximum Gasteiger partial charge on any atom is 0.341 e. The lowest BCUT2D eigenvalue weighted by Gasteiger charge is -2.30. The number of nitrogens with one attached hydrogen (secondary N) is 2. The zero-order valence-electron chi connectivity index (χ0n) is 15.8. The zero-order chi connectivity index (χ0) is 19.2. The third-order valence-corrected chi connectivity index (χ3v) is 6.26. The summed E-state index contributed by atoms with van der Waals surface area (Å²) in [4.78, 5) is 13.4. The number of benzene rings is 1. The molecule has 1 aromatic carbocycles. The summed E-state index contributed by atoms with van der Waals surface area (Å²) in [6, 6.07) is 12.3. The van der Waals surface area contributed by atoms with Gasteiger partial charge < -0.3 is 15.4 Å². The van der Waals surface area contributed by atoms with Gasteiger partial charge in [-0.3, -0.25) is 0 Å². The van der Waals surface area contributed by atoms with Gasteiger partial charge in [-0.1, -0.05) is 50.1 Å². The summed E-state index contributed by atoms with van der Waals surface area (Å²) in [7, 11) is 0. The average Bonchev–Trinajstić information content (AvgIpc) is 3.08. The van der Waals surface area contributed by atoms with Crippen molar-refractivity contribution in [3.63, 3.8) is 0 Å². The van der Waals surface area contributed by atoms with E-state index < -0.39 is 0 Å². The average molecular weight is 403 g/mol. The molecule has 144 valence electrons. The SMILES string of the molecule is CCOC(=O)c1cc(-c2ccccc2)sc1NC(=S)NC1CCCCC1C. The lowest BCUT2D eigenvalue weighted by molar-refractivity contribution is 0.0528. The molecule has 1 heterocycles. The molecule has 0 spiro atoms. The van der Waals surface area contributed by atoms with Crippen molar-refractivity contribution in [3.8, 4) is 10.4 Å². The summed E-state index contributed by atoms with van der Waals surface area (Å²) in [5, 5.41) is 7.99. The molecule has 6 heteroatoms. The molecule has 1 aromatic heterocycles. The van der Waals surface area contributed by atoms with Crippen molar-refractivity contribution in [1.82, 2.24) is 5.32 Å². The molecule has 2 N–H and O–H groups in total. The fourth-order valence-electron chi connectivity index (χ4n) is 3.43. The highest BCUT2D eigenvalue weighted by atomic mass is 32.1. The number of anilines is 1. The van der Waals surface area contributed by atoms with Crippen LogP contribution in [0.3, 0.4) is 0 Å². The van der Waals surface area contributed by atoms with Crippen molar-refractivity contribution < 1.29 is 9.53 Å². The van der Waals surface area contributed by atoms with E-state index in [-0.39, 0.29) is 5.97 Å². The predicted molar refractivity (Wildman–Crippen MR) is 116 cm³/mol. The Bertz CT molecular complexity index is 789. The molecule has 4 nitrogen and oxygen atoms in total. The van der Waals surface area contributed by atoms with Crippen molar-refractivity contribution >= 4 is 39.6 Å². The second-order valence-electron chi connectivity index (χ2n) is 6.91. The summed E-state index contributed by atoms with van der Waals surface area (Å²) >= 11 is 7.06. The largest absolute Gasteiger partial charge is 0.462 e. The van der Waals surface area contributed by atoms with E-state index in [0.29, 0.717) is 29.2 Å². The topological polar surface area (TPSA) is 50.4 Å². The van der Waals surface area contributed by atoms with Crippen LogP contribution in [0, 0.1) is 5.92 Å². The molecule has 2 aromatic rings. The number of ether oxygens (including phenoxy) is 1. The molecule has 3 rings (SSSR count). The first kappa shape index (κ1) is 19.8. The molecule has 1 aliphatic rings. The van der Waals surface area contributed by atoms with Crippen LogP contribution in [-0.2, 0) is 4.74 Å². The van der Waals surface area contributed by atoms with Crippen LogP contribution in [0.2, 0.25) is 0 Å². The van der Waals surface area contributed by atoms with Crippen molar-refractivity contribution in [2.24, 2.45) is 5.92 Å². The highest BCUT2D eigenvalue weighted by molar-refractivity contribution is 7.80. The van der Waals surface area contributed by atoms with Gasteiger partial charge in [0.15, 0.2) is 5.11 Å². The van der Waals surface area contributed by atoms with E-state index >= 15 is 0 Å². The van der Waals surface area contributed by atoms with Crippen LogP contribution in [0.15, 0.2) is 36.4 Å². The van der Waals surface area contributed by atoms with Crippen molar-refractivity contribution in [2.45, 2.75) is 45.6 Å². The monoisotopic (exact) mass is 402 g/mol. The maximum atomic E-state index is 12.4. The molecule has 2 unspecified atom stereocenters. The van der Waals surface area contributed by atoms with Crippen LogP contribution in [0.25, 0.3) is 10.4 Å². The quantitative estimate of drug-likeness (QED) is 0.514. The Morgan fingerprint density at radius 2 is 2.00 bits per heavy atom. The minimum absolute atomic E-state index is 0.327. The smallest absolute Gasteiger partial charge is 0.341 e. The summed E-state index contributed by atoms with van der Waals surface area (Å²) in [6.45, 7) is 4.42. The molecular weight excluding hydrogens is 376 g/mol. The number of carbonyl (C=O) groups is 1. The van der Waals surface area contributed by atoms with Crippen molar-refractivity contribution in [2.75, 3.05) is 11.9 Å². The first-order valence-corrected chi connectivity index (χ1v) is 10.7. The summed E-state index contributed by atoms with van der Waals surface area (Å²) in [5.74, 6) is 0.276. The number of rotatable bonds is 5. The highest BCUT2D eigenvalue weighted by Crippen LogP contribution is 2.36. The fraction of sp³-hybridized carbons (Fsp3) is 0.429. The summed E-state index contributed by atoms with van der Waals surface area (Å²) in [6.07, 6.45) is 4.88. The van der Waals surface area contributed by atoms with E-state index in [9.17, 15) is 4.79 Å². The Hall–Kier alpha value is -1.92. The molecule has 1 saturated carbocycles. The van der Waals surface area contributed by atoms with Gasteiger partial charge in [-0.2, -0.15) is 0 Å². The second kappa shape index (κ2) is 9.33. The van der Waals surface area contributed by atoms with Crippen LogP contribution in [0.4, 0.5) is 5.00 Å². The third-order valence-electron chi connectivity index (χ3n) is 4.94. The minimum Gasteiger partial charge on any atom is -0.462 e. The summed E-state index contributed by atoms with van der Waals surface area (Å²) < 4.78 is 5.23. The molecule has 0 aliphatic heterocycles. The van der Waals surface area contributed by atoms with Gasteiger partial charge in [0, 0.05) is 10.9 Å². The molecule has 0 radical (unpaired) electrons. The lowest BCUT2D eigenvalue weighted by atomic mass is 9.86. The van der Waals surface area contributed by atoms with E-state index in [4.69, 9.17) is 17.0 Å². The van der Waals surface area contributed by atoms with Crippen molar-refractivity contribution in [1.29, 1.82) is 0 Å². The first-order valence-electron chi connectivity index (χ1n) is 9.52. The Kier molecular flexibility index (Phi) is 6.85. The summed E-state index contributed by atoms with van der Waals surface area (Å²) in [5.41, 5.74) is 1.60. The zero-order valence-corrected chi connectivity index (χ0v) is 17.4. The molecule has 1 aliphatic carbocycles. The number of thiophene rings is 1. The molecule has 1 fully saturated rings. The fourth-order valence-corrected chi connectivity index (χ4v) is 4.80. The highest BCUT2D eigenvalue weighted by Gasteiger charge is 2.23. The number of thiocarbonyl (C=S) groups is 1. The Morgan fingerprint density at radius 1 is 1.26 bits per heavy atom. The van der Waals surface area contributed by atoms with Gasteiger partial charge in [0.2, 0.25) is 0 Å². The maximum absolute atomic E-state index is 12.4. The predicted octanol–water partition coefficient (Wildman–Crippen LogP) is 5.46. The number of carbonyl (C=O) groups excluding carboxylic acids is 1. The molecule has 2 atom stereocenters. The Morgan fingerprint density at radius 3 is 2.70 bits per heavy atom. The molecule has 0 saturated heterocycles. The van der Waals surface area contributed by atoms with Gasteiger partial charge in [-0.15, -0.1) is 11.3 Å². The van der Waals surface area contributed by atoms with Gasteiger partial charge in [0.1, 0.15) is 5.00 Å². The molecule has 27 heavy (non-hydrogen) atoms. The minimum atomic E-state index is -0.327. The van der Waals surface area contributed by atoms with E-state index in [1.54, 1.807) is 0 Å². The van der Waals surface area contributed by atoms with E-state index in [0.717, 1.165) is 21.9 Å². The van der Waals surface area contributed by atoms with Crippen LogP contribution >= 0.6 is 23.6 Å². The second-order valence-corrected chi connectivity index (χ2v) is 8.37. The molecular formula is C21H26N2O2S2. The molecule has 0 amide bonds. The number of hydrogen-bond acceptors (Lipinski definition) is 4. The van der Waals surface area contributed by atoms with Crippen LogP contribution in [0.5, 0.6) is 0 Å². The van der Waals surface area contributed by atoms with Gasteiger partial charge >= 0.3 is 5.97 Å². The van der Waals surface area contributed by atoms with Crippen molar-refractivity contribution in [3.05, 3.63) is 42.0 Å². The van der Waals surface area contributed by atoms with Crippen LogP contribution in [0.1, 0.15) is 49.9 Å².